The Morgan fingerprint density at radius 2 is 2.36 bits per heavy atom. The summed E-state index contributed by atoms with van der Waals surface area (Å²) in [5.74, 6) is 0.809. The maximum Gasteiger partial charge on any atom is 0.155 e. The summed E-state index contributed by atoms with van der Waals surface area (Å²) in [6, 6.07) is 5.66. The minimum Gasteiger partial charge on any atom is -0.303 e. The standard InChI is InChI=1S/C10H11N3O/c1-2-9-11-10-5-3-4-8(6-7-14)13(10)12-9/h3-5,7H,2,6H2,1H3. The number of aldehydes is 1. The van der Waals surface area contributed by atoms with E-state index in [1.807, 2.05) is 25.1 Å². The Balaban J connectivity index is 2.60. The fraction of sp³-hybridized carbons (Fsp3) is 0.300. The van der Waals surface area contributed by atoms with Gasteiger partial charge in [0, 0.05) is 12.8 Å². The largest absolute Gasteiger partial charge is 0.303 e. The number of carbonyl (C=O) groups is 1. The average Bonchev–Trinajstić information content (AvgIpc) is 2.62. The molecule has 2 heterocycles. The van der Waals surface area contributed by atoms with Crippen LogP contribution in [0.5, 0.6) is 0 Å². The highest BCUT2D eigenvalue weighted by Gasteiger charge is 2.04. The molecule has 0 N–H and O–H groups in total. The minimum atomic E-state index is 0.379. The molecule has 72 valence electrons. The molecule has 0 bridgehead atoms. The SMILES string of the molecule is CCc1nc2cccc(CC=O)n2n1. The van der Waals surface area contributed by atoms with Crippen LogP contribution in [0.4, 0.5) is 0 Å². The van der Waals surface area contributed by atoms with Crippen LogP contribution in [0.15, 0.2) is 18.2 Å². The monoisotopic (exact) mass is 189 g/mol. The van der Waals surface area contributed by atoms with E-state index in [4.69, 9.17) is 0 Å². The highest BCUT2D eigenvalue weighted by molar-refractivity contribution is 5.55. The minimum absolute atomic E-state index is 0.379. The van der Waals surface area contributed by atoms with Crippen LogP contribution >= 0.6 is 0 Å². The second-order valence-corrected chi connectivity index (χ2v) is 3.04. The Kier molecular flexibility index (Phi) is 2.26. The van der Waals surface area contributed by atoms with Gasteiger partial charge in [0.2, 0.25) is 0 Å². The third kappa shape index (κ3) is 1.39. The normalized spacial score (nSPS) is 10.6. The van der Waals surface area contributed by atoms with Gasteiger partial charge in [-0.05, 0) is 12.1 Å². The molecule has 0 saturated carbocycles. The van der Waals surface area contributed by atoms with Crippen molar-refractivity contribution in [3.05, 3.63) is 29.7 Å². The van der Waals surface area contributed by atoms with Gasteiger partial charge in [-0.1, -0.05) is 13.0 Å². The summed E-state index contributed by atoms with van der Waals surface area (Å²) in [5, 5.41) is 4.30. The quantitative estimate of drug-likeness (QED) is 0.677. The molecular weight excluding hydrogens is 178 g/mol. The van der Waals surface area contributed by atoms with Crippen LogP contribution in [0.25, 0.3) is 5.65 Å². The van der Waals surface area contributed by atoms with Crippen molar-refractivity contribution in [2.75, 3.05) is 0 Å². The van der Waals surface area contributed by atoms with Crippen LogP contribution in [-0.4, -0.2) is 20.9 Å². The fourth-order valence-corrected chi connectivity index (χ4v) is 1.39. The van der Waals surface area contributed by atoms with Crippen LogP contribution in [0.1, 0.15) is 18.4 Å². The molecule has 0 aliphatic heterocycles. The molecule has 2 aromatic heterocycles. The number of aryl methyl sites for hydroxylation is 1. The molecular formula is C10H11N3O. The molecule has 0 fully saturated rings. The van der Waals surface area contributed by atoms with Gasteiger partial charge in [0.05, 0.1) is 5.69 Å². The van der Waals surface area contributed by atoms with E-state index in [0.717, 1.165) is 29.9 Å². The van der Waals surface area contributed by atoms with Gasteiger partial charge in [0.25, 0.3) is 0 Å². The first-order valence-electron chi connectivity index (χ1n) is 4.62. The molecule has 0 atom stereocenters. The molecule has 0 aromatic carbocycles. The number of aromatic nitrogens is 3. The van der Waals surface area contributed by atoms with Gasteiger partial charge in [-0.25, -0.2) is 9.50 Å². The number of pyridine rings is 1. The number of nitrogens with zero attached hydrogens (tertiary/aromatic N) is 3. The van der Waals surface area contributed by atoms with Crippen molar-refractivity contribution in [3.63, 3.8) is 0 Å². The first-order chi connectivity index (χ1) is 6.85. The topological polar surface area (TPSA) is 47.3 Å². The summed E-state index contributed by atoms with van der Waals surface area (Å²) in [5.41, 5.74) is 1.69. The van der Waals surface area contributed by atoms with Crippen LogP contribution in [0, 0.1) is 0 Å². The summed E-state index contributed by atoms with van der Waals surface area (Å²) in [6.07, 6.45) is 2.06. The Hall–Kier alpha value is -1.71. The Labute approximate surface area is 81.6 Å². The molecule has 0 aliphatic rings. The van der Waals surface area contributed by atoms with Crippen LogP contribution < -0.4 is 0 Å². The molecule has 0 saturated heterocycles. The number of carbonyl (C=O) groups excluding carboxylic acids is 1. The number of fused-ring (bicyclic) bond motifs is 1. The van der Waals surface area contributed by atoms with E-state index < -0.39 is 0 Å². The lowest BCUT2D eigenvalue weighted by molar-refractivity contribution is -0.107. The Morgan fingerprint density at radius 1 is 1.50 bits per heavy atom. The first kappa shape index (κ1) is 8.87. The zero-order chi connectivity index (χ0) is 9.97. The fourth-order valence-electron chi connectivity index (χ4n) is 1.39. The molecule has 0 amide bonds. The van der Waals surface area contributed by atoms with E-state index in [2.05, 4.69) is 10.1 Å². The van der Waals surface area contributed by atoms with E-state index >= 15 is 0 Å². The van der Waals surface area contributed by atoms with Gasteiger partial charge in [0.15, 0.2) is 11.5 Å². The zero-order valence-electron chi connectivity index (χ0n) is 7.97. The number of rotatable bonds is 3. The third-order valence-electron chi connectivity index (χ3n) is 2.09. The van der Waals surface area contributed by atoms with Crippen molar-refractivity contribution in [1.29, 1.82) is 0 Å². The first-order valence-corrected chi connectivity index (χ1v) is 4.62. The van der Waals surface area contributed by atoms with Gasteiger partial charge >= 0.3 is 0 Å². The predicted octanol–water partition coefficient (Wildman–Crippen LogP) is 1.03. The molecule has 4 nitrogen and oxygen atoms in total. The number of hydrogen-bond acceptors (Lipinski definition) is 3. The summed E-state index contributed by atoms with van der Waals surface area (Å²) >= 11 is 0. The van der Waals surface area contributed by atoms with Crippen molar-refractivity contribution in [2.24, 2.45) is 0 Å². The van der Waals surface area contributed by atoms with Gasteiger partial charge in [-0.2, -0.15) is 5.10 Å². The van der Waals surface area contributed by atoms with Crippen molar-refractivity contribution >= 4 is 11.9 Å². The van der Waals surface area contributed by atoms with E-state index in [1.165, 1.54) is 0 Å². The molecule has 4 heteroatoms. The number of hydrogen-bond donors (Lipinski definition) is 0. The molecule has 14 heavy (non-hydrogen) atoms. The summed E-state index contributed by atoms with van der Waals surface area (Å²) in [6.45, 7) is 2.01. The highest BCUT2D eigenvalue weighted by Crippen LogP contribution is 2.06. The van der Waals surface area contributed by atoms with Crippen molar-refractivity contribution in [2.45, 2.75) is 19.8 Å². The maximum absolute atomic E-state index is 10.4. The van der Waals surface area contributed by atoms with E-state index in [1.54, 1.807) is 4.52 Å². The Bertz CT molecular complexity index is 461. The van der Waals surface area contributed by atoms with Gasteiger partial charge < -0.3 is 4.79 Å². The van der Waals surface area contributed by atoms with E-state index in [9.17, 15) is 4.79 Å². The maximum atomic E-state index is 10.4. The lowest BCUT2D eigenvalue weighted by atomic mass is 10.3. The molecule has 0 unspecified atom stereocenters. The van der Waals surface area contributed by atoms with Crippen LogP contribution in [-0.2, 0) is 17.6 Å². The molecule has 0 radical (unpaired) electrons. The van der Waals surface area contributed by atoms with E-state index in [-0.39, 0.29) is 0 Å². The average molecular weight is 189 g/mol. The van der Waals surface area contributed by atoms with E-state index in [0.29, 0.717) is 6.42 Å². The predicted molar refractivity (Wildman–Crippen MR) is 52.1 cm³/mol. The summed E-state index contributed by atoms with van der Waals surface area (Å²) in [4.78, 5) is 14.7. The second kappa shape index (κ2) is 3.57. The Morgan fingerprint density at radius 3 is 3.07 bits per heavy atom. The van der Waals surface area contributed by atoms with Crippen LogP contribution in [0.2, 0.25) is 0 Å². The summed E-state index contributed by atoms with van der Waals surface area (Å²) in [7, 11) is 0. The molecule has 2 aromatic rings. The molecule has 0 spiro atoms. The second-order valence-electron chi connectivity index (χ2n) is 3.04. The summed E-state index contributed by atoms with van der Waals surface area (Å²) < 4.78 is 1.73. The van der Waals surface area contributed by atoms with Crippen LogP contribution in [0.3, 0.4) is 0 Å². The zero-order valence-corrected chi connectivity index (χ0v) is 7.97. The highest BCUT2D eigenvalue weighted by atomic mass is 16.1. The van der Waals surface area contributed by atoms with Gasteiger partial charge in [0.1, 0.15) is 6.29 Å². The van der Waals surface area contributed by atoms with Crippen molar-refractivity contribution < 1.29 is 4.79 Å². The lowest BCUT2D eigenvalue weighted by Gasteiger charge is -1.97. The van der Waals surface area contributed by atoms with Crippen molar-refractivity contribution in [3.8, 4) is 0 Å². The van der Waals surface area contributed by atoms with Gasteiger partial charge in [-0.3, -0.25) is 0 Å². The molecule has 2 rings (SSSR count). The smallest absolute Gasteiger partial charge is 0.155 e. The van der Waals surface area contributed by atoms with Crippen molar-refractivity contribution in [1.82, 2.24) is 14.6 Å². The third-order valence-corrected chi connectivity index (χ3v) is 2.09. The molecule has 0 aliphatic carbocycles. The lowest BCUT2D eigenvalue weighted by Crippen LogP contribution is -1.99. The van der Waals surface area contributed by atoms with Gasteiger partial charge in [-0.15, -0.1) is 0 Å².